The minimum absolute atomic E-state index is 0.167. The smallest absolute Gasteiger partial charge is 0.402 e. The van der Waals surface area contributed by atoms with Gasteiger partial charge in [0.15, 0.2) is 12.6 Å². The van der Waals surface area contributed by atoms with Gasteiger partial charge >= 0.3 is 7.32 Å². The third-order valence-electron chi connectivity index (χ3n) is 4.15. The fourth-order valence-electron chi connectivity index (χ4n) is 2.44. The third-order valence-corrected chi connectivity index (χ3v) is 4.15. The molecule has 0 aromatic rings. The number of hydrogen-bond acceptors (Lipinski definition) is 13. The zero-order valence-electron chi connectivity index (χ0n) is 14.3. The number of aliphatic hydroxyl groups is 8. The van der Waals surface area contributed by atoms with Crippen molar-refractivity contribution in [2.75, 3.05) is 0 Å². The van der Waals surface area contributed by atoms with Crippen LogP contribution in [0.15, 0.2) is 0 Å². The topological polar surface area (TPSA) is 246 Å². The fourth-order valence-corrected chi connectivity index (χ4v) is 2.44. The van der Waals surface area contributed by atoms with Crippen molar-refractivity contribution in [3.63, 3.8) is 0 Å². The van der Waals surface area contributed by atoms with E-state index < -0.39 is 68.2 Å². The molecule has 0 aliphatic heterocycles. The molecule has 0 fully saturated rings. The van der Waals surface area contributed by atoms with Gasteiger partial charge in [0.2, 0.25) is 0 Å². The van der Waals surface area contributed by atoms with Crippen molar-refractivity contribution in [3.05, 3.63) is 0 Å². The Morgan fingerprint density at radius 1 is 0.852 bits per heavy atom. The number of aldehydes is 2. The van der Waals surface area contributed by atoms with Gasteiger partial charge in [0, 0.05) is 0 Å². The molecule has 0 aromatic heterocycles. The predicted molar refractivity (Wildman–Crippen MR) is 84.5 cm³/mol. The lowest BCUT2D eigenvalue weighted by Gasteiger charge is -2.43. The summed E-state index contributed by atoms with van der Waals surface area (Å²) in [6, 6.07) is 0. The van der Waals surface area contributed by atoms with Gasteiger partial charge in [-0.1, -0.05) is 6.92 Å². The van der Waals surface area contributed by atoms with Crippen molar-refractivity contribution in [1.82, 2.24) is 0 Å². The molecule has 10 N–H and O–H groups in total. The number of carbonyl (C=O) groups is 2. The fraction of sp³-hybridized carbons (Fsp3) is 0.846. The SMILES string of the molecule is CCC(O)(C(O)C(O)C=O)C(OB(O)O)C(O)C(O)C(O)C(O)C(O)C=O. The Morgan fingerprint density at radius 2 is 1.30 bits per heavy atom. The second-order valence-corrected chi connectivity index (χ2v) is 5.89. The van der Waals surface area contributed by atoms with Crippen molar-refractivity contribution in [3.8, 4) is 0 Å². The average Bonchev–Trinajstić information content (AvgIpc) is 2.66. The summed E-state index contributed by atoms with van der Waals surface area (Å²) in [5, 5.41) is 96.5. The highest BCUT2D eigenvalue weighted by molar-refractivity contribution is 6.32. The summed E-state index contributed by atoms with van der Waals surface area (Å²) in [6.45, 7) is 1.18. The van der Waals surface area contributed by atoms with Crippen LogP contribution in [0, 0.1) is 0 Å². The molecule has 9 unspecified atom stereocenters. The Bertz CT molecular complexity index is 465. The molecule has 13 nitrogen and oxygen atoms in total. The molecule has 0 spiro atoms. The summed E-state index contributed by atoms with van der Waals surface area (Å²) in [6.07, 6.45) is -19.6. The largest absolute Gasteiger partial charge is 0.634 e. The van der Waals surface area contributed by atoms with Crippen molar-refractivity contribution in [2.45, 2.75) is 67.8 Å². The summed E-state index contributed by atoms with van der Waals surface area (Å²) in [5.74, 6) is 0. The van der Waals surface area contributed by atoms with E-state index in [0.29, 0.717) is 0 Å². The van der Waals surface area contributed by atoms with Crippen LogP contribution in [0.25, 0.3) is 0 Å². The second kappa shape index (κ2) is 11.1. The van der Waals surface area contributed by atoms with E-state index in [-0.39, 0.29) is 12.6 Å². The van der Waals surface area contributed by atoms with Gasteiger partial charge in [-0.2, -0.15) is 0 Å². The van der Waals surface area contributed by atoms with E-state index in [1.807, 2.05) is 0 Å². The van der Waals surface area contributed by atoms with Crippen LogP contribution in [-0.4, -0.2) is 125 Å². The first kappa shape index (κ1) is 26.0. The molecule has 0 aromatic carbocycles. The number of hydrogen-bond donors (Lipinski definition) is 10. The minimum atomic E-state index is -2.77. The van der Waals surface area contributed by atoms with E-state index in [0.717, 1.165) is 0 Å². The zero-order chi connectivity index (χ0) is 21.5. The molecule has 14 heteroatoms. The minimum Gasteiger partial charge on any atom is -0.402 e. The second-order valence-electron chi connectivity index (χ2n) is 5.89. The Balaban J connectivity index is 5.83. The van der Waals surface area contributed by atoms with Gasteiger partial charge in [0.1, 0.15) is 54.4 Å². The van der Waals surface area contributed by atoms with E-state index in [4.69, 9.17) is 15.2 Å². The number of rotatable bonds is 13. The molecular weight excluding hydrogens is 375 g/mol. The van der Waals surface area contributed by atoms with E-state index in [9.17, 15) is 45.3 Å². The molecule has 0 bridgehead atoms. The molecular formula is C13H25BO13. The third kappa shape index (κ3) is 6.23. The van der Waals surface area contributed by atoms with Crippen LogP contribution in [-0.2, 0) is 14.2 Å². The van der Waals surface area contributed by atoms with Crippen LogP contribution in [0.1, 0.15) is 13.3 Å². The Morgan fingerprint density at radius 3 is 1.67 bits per heavy atom. The molecule has 9 atom stereocenters. The molecule has 158 valence electrons. The number of aliphatic hydroxyl groups excluding tert-OH is 7. The van der Waals surface area contributed by atoms with Crippen molar-refractivity contribution < 1.29 is 65.1 Å². The molecule has 0 saturated carbocycles. The monoisotopic (exact) mass is 400 g/mol. The Labute approximate surface area is 153 Å². The maximum atomic E-state index is 10.7. The summed E-state index contributed by atoms with van der Waals surface area (Å²) < 4.78 is 4.46. The van der Waals surface area contributed by atoms with E-state index in [2.05, 4.69) is 4.65 Å². The van der Waals surface area contributed by atoms with E-state index in [1.165, 1.54) is 6.92 Å². The van der Waals surface area contributed by atoms with Crippen LogP contribution in [0.5, 0.6) is 0 Å². The summed E-state index contributed by atoms with van der Waals surface area (Å²) in [5.41, 5.74) is -2.77. The van der Waals surface area contributed by atoms with Crippen LogP contribution in [0.2, 0.25) is 0 Å². The number of carbonyl (C=O) groups excluding carboxylic acids is 2. The first-order valence-electron chi connectivity index (χ1n) is 7.79. The highest BCUT2D eigenvalue weighted by atomic mass is 16.6. The summed E-state index contributed by atoms with van der Waals surface area (Å²) >= 11 is 0. The maximum absolute atomic E-state index is 10.7. The zero-order valence-corrected chi connectivity index (χ0v) is 14.3. The van der Waals surface area contributed by atoms with Gasteiger partial charge in [-0.05, 0) is 6.42 Å². The maximum Gasteiger partial charge on any atom is 0.634 e. The quantitative estimate of drug-likeness (QED) is 0.102. The average molecular weight is 400 g/mol. The van der Waals surface area contributed by atoms with Crippen LogP contribution >= 0.6 is 0 Å². The summed E-state index contributed by atoms with van der Waals surface area (Å²) in [4.78, 5) is 21.1. The molecule has 0 radical (unpaired) electrons. The highest BCUT2D eigenvalue weighted by Crippen LogP contribution is 2.29. The predicted octanol–water partition coefficient (Wildman–Crippen LogP) is -6.59. The van der Waals surface area contributed by atoms with Crippen LogP contribution in [0.4, 0.5) is 0 Å². The highest BCUT2D eigenvalue weighted by Gasteiger charge is 2.53. The molecule has 27 heavy (non-hydrogen) atoms. The van der Waals surface area contributed by atoms with E-state index in [1.54, 1.807) is 0 Å². The first-order chi connectivity index (χ1) is 12.4. The van der Waals surface area contributed by atoms with Gasteiger partial charge in [0.05, 0.1) is 0 Å². The van der Waals surface area contributed by atoms with Crippen molar-refractivity contribution in [2.24, 2.45) is 0 Å². The normalized spacial score (nSPS) is 23.1. The van der Waals surface area contributed by atoms with Crippen LogP contribution in [0.3, 0.4) is 0 Å². The molecule has 0 aliphatic rings. The lowest BCUT2D eigenvalue weighted by molar-refractivity contribution is -0.222. The Hall–Kier alpha value is -1.04. The lowest BCUT2D eigenvalue weighted by Crippen LogP contribution is -2.65. The van der Waals surface area contributed by atoms with Crippen molar-refractivity contribution >= 4 is 19.9 Å². The van der Waals surface area contributed by atoms with Crippen molar-refractivity contribution in [1.29, 1.82) is 0 Å². The molecule has 0 heterocycles. The van der Waals surface area contributed by atoms with Gasteiger partial charge in [-0.25, -0.2) is 0 Å². The van der Waals surface area contributed by atoms with Gasteiger partial charge in [0.25, 0.3) is 0 Å². The van der Waals surface area contributed by atoms with Gasteiger partial charge < -0.3 is 65.1 Å². The molecule has 0 rings (SSSR count). The Kier molecular flexibility index (Phi) is 10.7. The lowest BCUT2D eigenvalue weighted by atomic mass is 9.79. The molecule has 0 aliphatic carbocycles. The van der Waals surface area contributed by atoms with Crippen LogP contribution < -0.4 is 0 Å². The molecule has 0 amide bonds. The first-order valence-corrected chi connectivity index (χ1v) is 7.79. The van der Waals surface area contributed by atoms with E-state index >= 15 is 0 Å². The van der Waals surface area contributed by atoms with Gasteiger partial charge in [-0.15, -0.1) is 0 Å². The summed E-state index contributed by atoms with van der Waals surface area (Å²) in [7, 11) is -2.68. The standard InChI is InChI=1S/C13H25BO13/c1-2-13(24,11(23)6(18)4-16)12(27-14(25)26)10(22)9(21)8(20)7(19)5(17)3-15/h3-12,17-26H,2H2,1H3. The van der Waals surface area contributed by atoms with Gasteiger partial charge in [-0.3, -0.25) is 0 Å². The molecule has 0 saturated heterocycles.